The van der Waals surface area contributed by atoms with Crippen molar-refractivity contribution in [3.05, 3.63) is 0 Å². The Bertz CT molecular complexity index is 680. The second-order valence-electron chi connectivity index (χ2n) is 3.27. The first-order valence-corrected chi connectivity index (χ1v) is 6.16. The Kier molecular flexibility index (Phi) is 5.48. The molecule has 12 nitrogen and oxygen atoms in total. The van der Waals surface area contributed by atoms with Gasteiger partial charge in [-0.2, -0.15) is 18.4 Å². The van der Waals surface area contributed by atoms with Crippen molar-refractivity contribution in [1.82, 2.24) is 15.0 Å². The van der Waals surface area contributed by atoms with E-state index >= 15 is 0 Å². The van der Waals surface area contributed by atoms with Crippen molar-refractivity contribution >= 4 is 28.4 Å². The topological polar surface area (TPSA) is 170 Å². The summed E-state index contributed by atoms with van der Waals surface area (Å²) in [5, 5.41) is 10.6. The summed E-state index contributed by atoms with van der Waals surface area (Å²) in [7, 11) is -1.73. The second-order valence-corrected chi connectivity index (χ2v) is 3.88. The van der Waals surface area contributed by atoms with Crippen molar-refractivity contribution < 1.29 is 32.6 Å². The Balaban J connectivity index is 3.02. The van der Waals surface area contributed by atoms with E-state index in [0.717, 1.165) is 0 Å². The number of rotatable bonds is 5. The SMILES string of the molecule is COc1nc(NC(=O)N=S(=O)=O)nc(OC(C)C(=O)O)n1. The highest BCUT2D eigenvalue weighted by atomic mass is 32.2. The van der Waals surface area contributed by atoms with Crippen molar-refractivity contribution in [2.45, 2.75) is 13.0 Å². The molecule has 0 aliphatic rings. The fourth-order valence-electron chi connectivity index (χ4n) is 0.933. The van der Waals surface area contributed by atoms with E-state index in [1.165, 1.54) is 14.0 Å². The number of aliphatic carboxylic acids is 1. The minimum atomic E-state index is -2.95. The Hall–Kier alpha value is -2.83. The quantitative estimate of drug-likeness (QED) is 0.708. The first-order valence-electron chi connectivity index (χ1n) is 5.13. The maximum absolute atomic E-state index is 11.1. The molecule has 0 aliphatic carbocycles. The summed E-state index contributed by atoms with van der Waals surface area (Å²) in [6.07, 6.45) is -1.26. The van der Waals surface area contributed by atoms with Crippen LogP contribution in [0.15, 0.2) is 4.36 Å². The Labute approximate surface area is 118 Å². The first kappa shape index (κ1) is 16.2. The number of carbonyl (C=O) groups is 2. The summed E-state index contributed by atoms with van der Waals surface area (Å²) in [6.45, 7) is 1.23. The van der Waals surface area contributed by atoms with Crippen molar-refractivity contribution in [1.29, 1.82) is 0 Å². The molecule has 2 amide bonds. The highest BCUT2D eigenvalue weighted by molar-refractivity contribution is 7.62. The third kappa shape index (κ3) is 5.35. The molecule has 0 radical (unpaired) electrons. The van der Waals surface area contributed by atoms with Gasteiger partial charge in [-0.3, -0.25) is 5.32 Å². The van der Waals surface area contributed by atoms with E-state index in [1.807, 2.05) is 5.32 Å². The summed E-state index contributed by atoms with van der Waals surface area (Å²) in [4.78, 5) is 32.5. The van der Waals surface area contributed by atoms with Crippen LogP contribution in [0.1, 0.15) is 6.92 Å². The number of nitrogens with one attached hydrogen (secondary N) is 1. The zero-order valence-corrected chi connectivity index (χ0v) is 11.5. The number of ether oxygens (including phenoxy) is 2. The van der Waals surface area contributed by atoms with Crippen LogP contribution in [0.4, 0.5) is 10.7 Å². The van der Waals surface area contributed by atoms with Crippen LogP contribution in [0.5, 0.6) is 12.0 Å². The molecule has 13 heteroatoms. The zero-order valence-electron chi connectivity index (χ0n) is 10.7. The molecule has 0 saturated carbocycles. The van der Waals surface area contributed by atoms with E-state index < -0.39 is 40.6 Å². The number of amides is 2. The van der Waals surface area contributed by atoms with Crippen LogP contribution in [0.3, 0.4) is 0 Å². The number of hydrogen-bond acceptors (Lipinski definition) is 9. The number of methoxy groups -OCH3 is 1. The van der Waals surface area contributed by atoms with Gasteiger partial charge in [0.15, 0.2) is 6.10 Å². The molecule has 0 aliphatic heterocycles. The highest BCUT2D eigenvalue weighted by Crippen LogP contribution is 2.14. The standard InChI is InChI=1S/C8H9N5O7S/c1-3(4(14)15)20-8-11-5(10-7(12-8)19-2)9-6(16)13-21(17)18/h3H,1-2H3,(H,14,15)(H,9,10,11,12,16). The van der Waals surface area contributed by atoms with Gasteiger partial charge in [0.1, 0.15) is 0 Å². The normalized spacial score (nSPS) is 11.1. The van der Waals surface area contributed by atoms with Crippen molar-refractivity contribution in [3.8, 4) is 12.0 Å². The van der Waals surface area contributed by atoms with E-state index in [-0.39, 0.29) is 6.01 Å². The highest BCUT2D eigenvalue weighted by Gasteiger charge is 2.17. The van der Waals surface area contributed by atoms with Gasteiger partial charge in [0.2, 0.25) is 5.95 Å². The monoisotopic (exact) mass is 319 g/mol. The van der Waals surface area contributed by atoms with Crippen LogP contribution < -0.4 is 14.8 Å². The molecule has 0 aromatic carbocycles. The average Bonchev–Trinajstić information content (AvgIpc) is 2.36. The predicted octanol–water partition coefficient (Wildman–Crippen LogP) is -0.673. The van der Waals surface area contributed by atoms with Gasteiger partial charge in [0.25, 0.3) is 0 Å². The number of carboxylic acids is 1. The predicted molar refractivity (Wildman–Crippen MR) is 64.5 cm³/mol. The van der Waals surface area contributed by atoms with Gasteiger partial charge in [-0.15, -0.1) is 4.98 Å². The van der Waals surface area contributed by atoms with Gasteiger partial charge in [0.05, 0.1) is 7.11 Å². The van der Waals surface area contributed by atoms with Crippen molar-refractivity contribution in [2.24, 2.45) is 4.36 Å². The van der Waals surface area contributed by atoms with Crippen LogP contribution >= 0.6 is 0 Å². The lowest BCUT2D eigenvalue weighted by Crippen LogP contribution is -2.24. The molecule has 1 atom stereocenters. The first-order chi connectivity index (χ1) is 9.81. The molecule has 114 valence electrons. The Morgan fingerprint density at radius 3 is 2.43 bits per heavy atom. The fraction of sp³-hybridized carbons (Fsp3) is 0.375. The van der Waals surface area contributed by atoms with Gasteiger partial charge in [-0.1, -0.05) is 4.36 Å². The molecule has 1 unspecified atom stereocenters. The smallest absolute Gasteiger partial charge is 0.362 e. The lowest BCUT2D eigenvalue weighted by Gasteiger charge is -2.09. The van der Waals surface area contributed by atoms with E-state index in [2.05, 4.69) is 19.3 Å². The number of anilines is 1. The fourth-order valence-corrected chi connectivity index (χ4v) is 1.11. The Morgan fingerprint density at radius 2 is 1.90 bits per heavy atom. The number of hydrogen-bond donors (Lipinski definition) is 2. The number of urea groups is 1. The van der Waals surface area contributed by atoms with Gasteiger partial charge >= 0.3 is 34.5 Å². The van der Waals surface area contributed by atoms with E-state index in [4.69, 9.17) is 14.6 Å². The summed E-state index contributed by atoms with van der Waals surface area (Å²) < 4.78 is 32.7. The molecule has 1 aromatic heterocycles. The summed E-state index contributed by atoms with van der Waals surface area (Å²) in [5.41, 5.74) is 0. The van der Waals surface area contributed by atoms with E-state index in [0.29, 0.717) is 0 Å². The Morgan fingerprint density at radius 1 is 1.29 bits per heavy atom. The number of aromatic nitrogens is 3. The maximum Gasteiger partial charge on any atom is 0.362 e. The molecule has 1 heterocycles. The molecule has 1 rings (SSSR count). The molecule has 2 N–H and O–H groups in total. The van der Waals surface area contributed by atoms with E-state index in [1.54, 1.807) is 0 Å². The van der Waals surface area contributed by atoms with Crippen LogP contribution in [0.2, 0.25) is 0 Å². The van der Waals surface area contributed by atoms with Crippen molar-refractivity contribution in [3.63, 3.8) is 0 Å². The van der Waals surface area contributed by atoms with Crippen LogP contribution in [-0.4, -0.2) is 53.7 Å². The van der Waals surface area contributed by atoms with Gasteiger partial charge in [-0.25, -0.2) is 9.59 Å². The minimum absolute atomic E-state index is 0.281. The number of carbonyl (C=O) groups excluding carboxylic acids is 1. The van der Waals surface area contributed by atoms with E-state index in [9.17, 15) is 18.0 Å². The lowest BCUT2D eigenvalue weighted by molar-refractivity contribution is -0.144. The van der Waals surface area contributed by atoms with Gasteiger partial charge < -0.3 is 14.6 Å². The largest absolute Gasteiger partial charge is 0.479 e. The van der Waals surface area contributed by atoms with Crippen LogP contribution in [-0.2, 0) is 15.3 Å². The van der Waals surface area contributed by atoms with Crippen molar-refractivity contribution in [2.75, 3.05) is 12.4 Å². The number of nitrogens with zero attached hydrogens (tertiary/aromatic N) is 4. The summed E-state index contributed by atoms with van der Waals surface area (Å²) in [5.74, 6) is -1.69. The summed E-state index contributed by atoms with van der Waals surface area (Å²) >= 11 is 0. The molecular formula is C8H9N5O7S. The zero-order chi connectivity index (χ0) is 16.0. The minimum Gasteiger partial charge on any atom is -0.479 e. The van der Waals surface area contributed by atoms with Crippen LogP contribution in [0, 0.1) is 0 Å². The maximum atomic E-state index is 11.1. The molecule has 21 heavy (non-hydrogen) atoms. The third-order valence-electron chi connectivity index (χ3n) is 1.78. The molecular weight excluding hydrogens is 310 g/mol. The number of carboxylic acid groups (broad SMARTS) is 1. The molecule has 1 aromatic rings. The third-order valence-corrected chi connectivity index (χ3v) is 2.10. The second kappa shape index (κ2) is 7.09. The van der Waals surface area contributed by atoms with Crippen LogP contribution in [0.25, 0.3) is 0 Å². The lowest BCUT2D eigenvalue weighted by atomic mass is 10.4. The van der Waals surface area contributed by atoms with Gasteiger partial charge in [0, 0.05) is 0 Å². The summed E-state index contributed by atoms with van der Waals surface area (Å²) in [6, 6.07) is -1.97. The average molecular weight is 319 g/mol. The molecule has 0 spiro atoms. The molecule has 0 fully saturated rings. The van der Waals surface area contributed by atoms with Gasteiger partial charge in [-0.05, 0) is 6.92 Å². The molecule has 0 saturated heterocycles. The molecule has 0 bridgehead atoms.